The molecule has 2 aliphatic heterocycles. The van der Waals surface area contributed by atoms with Gasteiger partial charge in [-0.2, -0.15) is 0 Å². The van der Waals surface area contributed by atoms with Gasteiger partial charge in [-0.15, -0.1) is 0 Å². The first kappa shape index (κ1) is 16.3. The number of cyclic esters (lactones) is 1. The lowest BCUT2D eigenvalue weighted by Crippen LogP contribution is -2.26. The van der Waals surface area contributed by atoms with Crippen molar-refractivity contribution in [2.24, 2.45) is 5.92 Å². The van der Waals surface area contributed by atoms with Crippen molar-refractivity contribution in [2.45, 2.75) is 44.0 Å². The molecule has 3 atom stereocenters. The maximum absolute atomic E-state index is 11.8. The molecule has 0 bridgehead atoms. The fraction of sp³-hybridized carbons (Fsp3) is 0.769. The van der Waals surface area contributed by atoms with E-state index >= 15 is 0 Å². The molecule has 7 nitrogen and oxygen atoms in total. The molecule has 0 aromatic carbocycles. The van der Waals surface area contributed by atoms with Crippen molar-refractivity contribution in [1.82, 2.24) is 5.32 Å². The van der Waals surface area contributed by atoms with Crippen molar-refractivity contribution in [3.63, 3.8) is 0 Å². The van der Waals surface area contributed by atoms with Crippen molar-refractivity contribution >= 4 is 28.8 Å². The summed E-state index contributed by atoms with van der Waals surface area (Å²) in [6.45, 7) is 2.80. The molecule has 0 spiro atoms. The molecule has 2 N–H and O–H groups in total. The summed E-state index contributed by atoms with van der Waals surface area (Å²) in [5.74, 6) is -0.826. The lowest BCUT2D eigenvalue weighted by Gasteiger charge is -2.09. The Bertz CT molecular complexity index is 417. The first-order valence-electron chi connectivity index (χ1n) is 7.11. The molecule has 0 aliphatic carbocycles. The monoisotopic (exact) mass is 316 g/mol. The Hall–Kier alpha value is -1.12. The average Bonchev–Trinajstić information content (AvgIpc) is 2.93. The molecule has 2 rings (SSSR count). The molecule has 0 aromatic rings. The second kappa shape index (κ2) is 7.77. The molecule has 0 radical (unpaired) electrons. The summed E-state index contributed by atoms with van der Waals surface area (Å²) in [6.07, 6.45) is 2.55. The fourth-order valence-corrected chi connectivity index (χ4v) is 3.17. The van der Waals surface area contributed by atoms with Crippen molar-refractivity contribution in [1.29, 1.82) is 5.41 Å². The van der Waals surface area contributed by atoms with Crippen LogP contribution in [0.15, 0.2) is 0 Å². The Labute approximate surface area is 127 Å². The summed E-state index contributed by atoms with van der Waals surface area (Å²) >= 11 is 1.15. The summed E-state index contributed by atoms with van der Waals surface area (Å²) < 4.78 is 5.21. The summed E-state index contributed by atoms with van der Waals surface area (Å²) in [7, 11) is 0. The lowest BCUT2D eigenvalue weighted by molar-refractivity contribution is -0.304. The van der Waals surface area contributed by atoms with Crippen molar-refractivity contribution in [2.75, 3.05) is 13.2 Å². The molecule has 2 saturated heterocycles. The third-order valence-corrected chi connectivity index (χ3v) is 4.40. The Morgan fingerprint density at radius 2 is 2.24 bits per heavy atom. The summed E-state index contributed by atoms with van der Waals surface area (Å²) in [6, 6.07) is 0. The van der Waals surface area contributed by atoms with Gasteiger partial charge in [0.2, 0.25) is 5.91 Å². The van der Waals surface area contributed by atoms with Gasteiger partial charge in [0, 0.05) is 6.42 Å². The molecule has 2 aliphatic rings. The molecule has 21 heavy (non-hydrogen) atoms. The smallest absolute Gasteiger partial charge is 0.309 e. The van der Waals surface area contributed by atoms with Crippen molar-refractivity contribution in [3.8, 4) is 0 Å². The molecule has 118 valence electrons. The molecule has 1 amide bonds. The largest absolute Gasteiger partial charge is 0.460 e. The maximum Gasteiger partial charge on any atom is 0.309 e. The van der Waals surface area contributed by atoms with E-state index < -0.39 is 0 Å². The number of hydrogen-bond donors (Lipinski definition) is 2. The van der Waals surface area contributed by atoms with Crippen LogP contribution in [0.3, 0.4) is 0 Å². The highest BCUT2D eigenvalue weighted by molar-refractivity contribution is 8.15. The van der Waals surface area contributed by atoms with Gasteiger partial charge in [-0.1, -0.05) is 25.1 Å². The minimum Gasteiger partial charge on any atom is -0.460 e. The van der Waals surface area contributed by atoms with Crippen LogP contribution in [0.5, 0.6) is 0 Å². The van der Waals surface area contributed by atoms with E-state index in [4.69, 9.17) is 19.9 Å². The number of nitrogens with one attached hydrogen (secondary N) is 2. The van der Waals surface area contributed by atoms with E-state index in [2.05, 4.69) is 12.2 Å². The van der Waals surface area contributed by atoms with Gasteiger partial charge in [-0.05, 0) is 12.8 Å². The van der Waals surface area contributed by atoms with E-state index in [-0.39, 0.29) is 40.9 Å². The van der Waals surface area contributed by atoms with Crippen LogP contribution in [0.25, 0.3) is 0 Å². The minimum absolute atomic E-state index is 0.139. The number of rotatable bonds is 8. The number of unbranched alkanes of at least 4 members (excludes halogenated alkanes) is 1. The van der Waals surface area contributed by atoms with Crippen LogP contribution < -0.4 is 5.32 Å². The molecule has 2 fully saturated rings. The highest BCUT2D eigenvalue weighted by Crippen LogP contribution is 2.31. The van der Waals surface area contributed by atoms with Crippen LogP contribution >= 0.6 is 11.8 Å². The molecule has 3 unspecified atom stereocenters. The van der Waals surface area contributed by atoms with Gasteiger partial charge in [0.25, 0.3) is 0 Å². The van der Waals surface area contributed by atoms with Gasteiger partial charge in [0.15, 0.2) is 5.17 Å². The van der Waals surface area contributed by atoms with Crippen LogP contribution in [0, 0.1) is 11.3 Å². The van der Waals surface area contributed by atoms with Gasteiger partial charge >= 0.3 is 5.97 Å². The van der Waals surface area contributed by atoms with Crippen LogP contribution in [0.4, 0.5) is 0 Å². The zero-order valence-corrected chi connectivity index (χ0v) is 12.7. The van der Waals surface area contributed by atoms with Gasteiger partial charge in [-0.3, -0.25) is 15.0 Å². The quantitative estimate of drug-likeness (QED) is 0.302. The predicted molar refractivity (Wildman–Crippen MR) is 76.7 cm³/mol. The Morgan fingerprint density at radius 1 is 1.43 bits per heavy atom. The van der Waals surface area contributed by atoms with Gasteiger partial charge in [0.05, 0.1) is 17.8 Å². The Morgan fingerprint density at radius 3 is 2.90 bits per heavy atom. The Kier molecular flexibility index (Phi) is 6.01. The number of amidine groups is 1. The van der Waals surface area contributed by atoms with Gasteiger partial charge in [-0.25, -0.2) is 9.78 Å². The number of carbonyl (C=O) groups is 2. The third-order valence-electron chi connectivity index (χ3n) is 3.37. The molecular formula is C13H20N2O5S. The highest BCUT2D eigenvalue weighted by atomic mass is 32.2. The van der Waals surface area contributed by atoms with Crippen LogP contribution in [-0.2, 0) is 24.1 Å². The first-order chi connectivity index (χ1) is 10.1. The summed E-state index contributed by atoms with van der Waals surface area (Å²) in [5, 5.41) is 9.59. The third kappa shape index (κ3) is 4.69. The molecular weight excluding hydrogens is 296 g/mol. The van der Waals surface area contributed by atoms with E-state index in [9.17, 15) is 9.59 Å². The number of amides is 1. The highest BCUT2D eigenvalue weighted by Gasteiger charge is 2.40. The number of ether oxygens (including phenoxy) is 1. The standard InChI is InChI=1S/C13H20N2O5S/c1-2-3-4-18-19-7-9-5-8(12(17)20-9)6-10-11(16)15-13(14)21-10/h8-10H,2-7H2,1H3,(H2,14,15,16). The number of esters is 1. The van der Waals surface area contributed by atoms with E-state index in [1.807, 2.05) is 0 Å². The maximum atomic E-state index is 11.8. The van der Waals surface area contributed by atoms with Crippen LogP contribution in [0.2, 0.25) is 0 Å². The molecule has 0 aromatic heterocycles. The van der Waals surface area contributed by atoms with Crippen molar-refractivity contribution in [3.05, 3.63) is 0 Å². The summed E-state index contributed by atoms with van der Waals surface area (Å²) in [4.78, 5) is 33.4. The molecule has 2 heterocycles. The number of thioether (sulfide) groups is 1. The predicted octanol–water partition coefficient (Wildman–Crippen LogP) is 1.22. The lowest BCUT2D eigenvalue weighted by atomic mass is 9.99. The fourth-order valence-electron chi connectivity index (χ4n) is 2.23. The van der Waals surface area contributed by atoms with Crippen LogP contribution in [0.1, 0.15) is 32.6 Å². The zero-order chi connectivity index (χ0) is 15.2. The second-order valence-electron chi connectivity index (χ2n) is 5.11. The normalized spacial score (nSPS) is 28.8. The van der Waals surface area contributed by atoms with Crippen molar-refractivity contribution < 1.29 is 24.1 Å². The summed E-state index contributed by atoms with van der Waals surface area (Å²) in [5.41, 5.74) is 0. The molecule has 0 saturated carbocycles. The van der Waals surface area contributed by atoms with Gasteiger partial charge in [0.1, 0.15) is 12.7 Å². The molecule has 8 heteroatoms. The first-order valence-corrected chi connectivity index (χ1v) is 7.99. The average molecular weight is 316 g/mol. The SMILES string of the molecule is CCCCOOCC1CC(CC2SC(=N)NC2=O)C(=O)O1. The zero-order valence-electron chi connectivity index (χ0n) is 11.9. The van der Waals surface area contributed by atoms with Crippen LogP contribution in [-0.4, -0.2) is 41.6 Å². The number of carbonyl (C=O) groups excluding carboxylic acids is 2. The van der Waals surface area contributed by atoms with Gasteiger partial charge < -0.3 is 10.1 Å². The van der Waals surface area contributed by atoms with E-state index in [1.54, 1.807) is 0 Å². The Balaban J connectivity index is 1.70. The second-order valence-corrected chi connectivity index (χ2v) is 6.33. The van der Waals surface area contributed by atoms with E-state index in [0.717, 1.165) is 24.6 Å². The number of hydrogen-bond acceptors (Lipinski definition) is 7. The van der Waals surface area contributed by atoms with E-state index in [1.165, 1.54) is 0 Å². The topological polar surface area (TPSA) is 97.7 Å². The minimum atomic E-state index is -0.379. The van der Waals surface area contributed by atoms with E-state index in [0.29, 0.717) is 19.4 Å².